The first-order chi connectivity index (χ1) is 8.65. The lowest BCUT2D eigenvalue weighted by Crippen LogP contribution is -2.40. The molecule has 1 unspecified atom stereocenters. The van der Waals surface area contributed by atoms with E-state index in [1.165, 1.54) is 0 Å². The zero-order chi connectivity index (χ0) is 13.1. The topological polar surface area (TPSA) is 60.0 Å². The molecule has 1 aliphatic carbocycles. The number of hydrogen-bond donors (Lipinski definition) is 2. The molecule has 0 saturated heterocycles. The first kappa shape index (κ1) is 13.6. The highest BCUT2D eigenvalue weighted by Crippen LogP contribution is 2.37. The van der Waals surface area contributed by atoms with E-state index in [1.54, 1.807) is 0 Å². The minimum Gasteiger partial charge on any atom is -0.347 e. The highest BCUT2D eigenvalue weighted by Gasteiger charge is 2.28. The van der Waals surface area contributed by atoms with Gasteiger partial charge in [0.15, 0.2) is 0 Å². The minimum absolute atomic E-state index is 0.0171. The lowest BCUT2D eigenvalue weighted by Gasteiger charge is -2.16. The second kappa shape index (κ2) is 5.89. The molecule has 5 heteroatoms. The lowest BCUT2D eigenvalue weighted by molar-refractivity contribution is 0.0926. The van der Waals surface area contributed by atoms with Crippen molar-refractivity contribution in [3.8, 4) is 0 Å². The number of carbonyl (C=O) groups excluding carboxylic acids is 1. The van der Waals surface area contributed by atoms with Crippen LogP contribution >= 0.6 is 15.9 Å². The van der Waals surface area contributed by atoms with Gasteiger partial charge in [0.05, 0.1) is 0 Å². The second-order valence-electron chi connectivity index (χ2n) is 4.88. The summed E-state index contributed by atoms with van der Waals surface area (Å²) < 4.78 is 3.03. The molecule has 4 nitrogen and oxygen atoms in total. The van der Waals surface area contributed by atoms with Crippen LogP contribution in [0.4, 0.5) is 0 Å². The fraction of sp³-hybridized carbons (Fsp3) is 0.615. The van der Waals surface area contributed by atoms with Crippen LogP contribution in [0.1, 0.15) is 49.1 Å². The van der Waals surface area contributed by atoms with Crippen molar-refractivity contribution in [2.75, 3.05) is 6.54 Å². The van der Waals surface area contributed by atoms with Crippen LogP contribution in [0.15, 0.2) is 16.7 Å². The van der Waals surface area contributed by atoms with Gasteiger partial charge in [-0.25, -0.2) is 0 Å². The van der Waals surface area contributed by atoms with Gasteiger partial charge in [0, 0.05) is 29.3 Å². The van der Waals surface area contributed by atoms with Gasteiger partial charge in [0.1, 0.15) is 5.69 Å². The number of nitrogens with two attached hydrogens (primary N) is 1. The van der Waals surface area contributed by atoms with Crippen LogP contribution < -0.4 is 11.1 Å². The van der Waals surface area contributed by atoms with E-state index in [2.05, 4.69) is 32.7 Å². The van der Waals surface area contributed by atoms with E-state index in [0.29, 0.717) is 12.6 Å². The van der Waals surface area contributed by atoms with Crippen LogP contribution in [0, 0.1) is 0 Å². The molecule has 1 fully saturated rings. The number of carbonyl (C=O) groups is 1. The molecule has 0 bridgehead atoms. The Morgan fingerprint density at radius 2 is 2.39 bits per heavy atom. The summed E-state index contributed by atoms with van der Waals surface area (Å²) in [6.45, 7) is 2.59. The van der Waals surface area contributed by atoms with E-state index in [4.69, 9.17) is 5.73 Å². The van der Waals surface area contributed by atoms with Gasteiger partial charge in [0.2, 0.25) is 0 Å². The lowest BCUT2D eigenvalue weighted by atomic mass is 10.1. The van der Waals surface area contributed by atoms with Crippen LogP contribution in [0.5, 0.6) is 0 Å². The Hall–Kier alpha value is -0.810. The van der Waals surface area contributed by atoms with Crippen LogP contribution in [-0.2, 0) is 0 Å². The van der Waals surface area contributed by atoms with Gasteiger partial charge in [-0.2, -0.15) is 0 Å². The zero-order valence-corrected chi connectivity index (χ0v) is 12.2. The smallest absolute Gasteiger partial charge is 0.268 e. The maximum absolute atomic E-state index is 12.2. The number of nitrogens with one attached hydrogen (secondary N) is 1. The fourth-order valence-electron chi connectivity index (χ4n) is 2.14. The molecule has 1 aromatic heterocycles. The van der Waals surface area contributed by atoms with Gasteiger partial charge in [-0.3, -0.25) is 4.79 Å². The van der Waals surface area contributed by atoms with Crippen molar-refractivity contribution in [3.05, 3.63) is 22.4 Å². The molecule has 1 amide bonds. The molecule has 3 N–H and O–H groups in total. The SMILES string of the molecule is CCCC(CN)NC(=O)c1cc(Br)cn1C1CC1. The Labute approximate surface area is 116 Å². The number of amides is 1. The molecule has 100 valence electrons. The second-order valence-corrected chi connectivity index (χ2v) is 5.79. The predicted octanol–water partition coefficient (Wildman–Crippen LogP) is 2.44. The maximum atomic E-state index is 12.2. The third kappa shape index (κ3) is 3.14. The first-order valence-corrected chi connectivity index (χ1v) is 7.33. The van der Waals surface area contributed by atoms with E-state index < -0.39 is 0 Å². The van der Waals surface area contributed by atoms with Crippen molar-refractivity contribution in [1.82, 2.24) is 9.88 Å². The van der Waals surface area contributed by atoms with Crippen molar-refractivity contribution in [2.24, 2.45) is 5.73 Å². The Bertz CT molecular complexity index is 426. The Morgan fingerprint density at radius 1 is 1.67 bits per heavy atom. The zero-order valence-electron chi connectivity index (χ0n) is 10.7. The molecule has 1 aliphatic rings. The number of aromatic nitrogens is 1. The van der Waals surface area contributed by atoms with E-state index >= 15 is 0 Å². The maximum Gasteiger partial charge on any atom is 0.268 e. The molecule has 0 aromatic carbocycles. The van der Waals surface area contributed by atoms with Crippen molar-refractivity contribution < 1.29 is 4.79 Å². The normalized spacial score (nSPS) is 16.6. The van der Waals surface area contributed by atoms with Crippen molar-refractivity contribution >= 4 is 21.8 Å². The summed E-state index contributed by atoms with van der Waals surface area (Å²) in [5, 5.41) is 3.01. The monoisotopic (exact) mass is 313 g/mol. The van der Waals surface area contributed by atoms with Gasteiger partial charge in [-0.1, -0.05) is 13.3 Å². The summed E-state index contributed by atoms with van der Waals surface area (Å²) in [6, 6.07) is 2.45. The molecule has 18 heavy (non-hydrogen) atoms. The highest BCUT2D eigenvalue weighted by atomic mass is 79.9. The predicted molar refractivity (Wildman–Crippen MR) is 75.6 cm³/mol. The molecule has 0 spiro atoms. The molecule has 0 aliphatic heterocycles. The first-order valence-electron chi connectivity index (χ1n) is 6.54. The summed E-state index contributed by atoms with van der Waals surface area (Å²) in [4.78, 5) is 12.2. The van der Waals surface area contributed by atoms with Gasteiger partial charge >= 0.3 is 0 Å². The summed E-state index contributed by atoms with van der Waals surface area (Å²) >= 11 is 3.44. The molecule has 1 aromatic rings. The molecule has 0 radical (unpaired) electrons. The minimum atomic E-state index is -0.0171. The summed E-state index contributed by atoms with van der Waals surface area (Å²) in [6.07, 6.45) is 6.26. The van der Waals surface area contributed by atoms with Crippen LogP contribution in [0.3, 0.4) is 0 Å². The molecule has 1 atom stereocenters. The van der Waals surface area contributed by atoms with Gasteiger partial charge in [0.25, 0.3) is 5.91 Å². The average Bonchev–Trinajstić information content (AvgIpc) is 3.11. The molecular formula is C13H20BrN3O. The Balaban J connectivity index is 2.08. The molecule has 2 rings (SSSR count). The van der Waals surface area contributed by atoms with Gasteiger partial charge < -0.3 is 15.6 Å². The van der Waals surface area contributed by atoms with Crippen molar-refractivity contribution in [2.45, 2.75) is 44.7 Å². The van der Waals surface area contributed by atoms with Gasteiger partial charge in [-0.15, -0.1) is 0 Å². The quantitative estimate of drug-likeness (QED) is 0.847. The highest BCUT2D eigenvalue weighted by molar-refractivity contribution is 9.10. The molecule has 1 heterocycles. The molecular weight excluding hydrogens is 294 g/mol. The van der Waals surface area contributed by atoms with E-state index in [9.17, 15) is 4.79 Å². The largest absolute Gasteiger partial charge is 0.347 e. The third-order valence-electron chi connectivity index (χ3n) is 3.24. The summed E-state index contributed by atoms with van der Waals surface area (Å²) in [5.41, 5.74) is 6.40. The summed E-state index contributed by atoms with van der Waals surface area (Å²) in [7, 11) is 0. The number of halogens is 1. The van der Waals surface area contributed by atoms with Crippen molar-refractivity contribution in [3.63, 3.8) is 0 Å². The third-order valence-corrected chi connectivity index (χ3v) is 3.68. The van der Waals surface area contributed by atoms with E-state index in [1.807, 2.05) is 12.3 Å². The van der Waals surface area contributed by atoms with Crippen LogP contribution in [-0.4, -0.2) is 23.1 Å². The van der Waals surface area contributed by atoms with Gasteiger partial charge in [-0.05, 0) is 41.3 Å². The number of nitrogens with zero attached hydrogens (tertiary/aromatic N) is 1. The number of rotatable bonds is 6. The Kier molecular flexibility index (Phi) is 4.45. The standard InChI is InChI=1S/C13H20BrN3O/c1-2-3-10(7-15)16-13(18)12-6-9(14)8-17(12)11-4-5-11/h6,8,10-11H,2-5,7,15H2,1H3,(H,16,18). The van der Waals surface area contributed by atoms with E-state index in [0.717, 1.165) is 35.8 Å². The number of hydrogen-bond acceptors (Lipinski definition) is 2. The van der Waals surface area contributed by atoms with Crippen molar-refractivity contribution in [1.29, 1.82) is 0 Å². The van der Waals surface area contributed by atoms with Crippen LogP contribution in [0.25, 0.3) is 0 Å². The van der Waals surface area contributed by atoms with E-state index in [-0.39, 0.29) is 11.9 Å². The molecule has 1 saturated carbocycles. The van der Waals surface area contributed by atoms with Crippen LogP contribution in [0.2, 0.25) is 0 Å². The fourth-order valence-corrected chi connectivity index (χ4v) is 2.58. The average molecular weight is 314 g/mol. The summed E-state index contributed by atoms with van der Waals surface area (Å²) in [5.74, 6) is -0.0171. The Morgan fingerprint density at radius 3 is 2.94 bits per heavy atom.